The van der Waals surface area contributed by atoms with Gasteiger partial charge in [0.15, 0.2) is 0 Å². The zero-order valence-electron chi connectivity index (χ0n) is 19.5. The number of rotatable bonds is 7. The number of benzene rings is 3. The average Bonchev–Trinajstić information content (AvgIpc) is 3.23. The Labute approximate surface area is 204 Å². The highest BCUT2D eigenvalue weighted by Gasteiger charge is 2.29. The van der Waals surface area contributed by atoms with Crippen LogP contribution in [0.1, 0.15) is 38.1 Å². The van der Waals surface area contributed by atoms with Crippen LogP contribution in [0.15, 0.2) is 77.7 Å². The van der Waals surface area contributed by atoms with E-state index in [1.165, 1.54) is 28.6 Å². The Bertz CT molecular complexity index is 1370. The molecule has 0 aliphatic heterocycles. The van der Waals surface area contributed by atoms with Gasteiger partial charge in [-0.3, -0.25) is 4.79 Å². The molecule has 0 fully saturated rings. The Hall–Kier alpha value is -3.07. The van der Waals surface area contributed by atoms with E-state index in [2.05, 4.69) is 10.3 Å². The second-order valence-corrected chi connectivity index (χ2v) is 11.4. The molecule has 6 nitrogen and oxygen atoms in total. The molecule has 0 saturated heterocycles. The van der Waals surface area contributed by atoms with Crippen molar-refractivity contribution in [2.45, 2.75) is 44.7 Å². The summed E-state index contributed by atoms with van der Waals surface area (Å²) in [5, 5.41) is 3.79. The van der Waals surface area contributed by atoms with Crippen LogP contribution in [0.2, 0.25) is 0 Å². The molecule has 3 aromatic carbocycles. The van der Waals surface area contributed by atoms with E-state index < -0.39 is 10.0 Å². The molecule has 34 heavy (non-hydrogen) atoms. The van der Waals surface area contributed by atoms with Gasteiger partial charge in [0, 0.05) is 28.9 Å². The number of carbonyl (C=O) groups is 1. The summed E-state index contributed by atoms with van der Waals surface area (Å²) >= 11 is 1.62. The monoisotopic (exact) mass is 493 g/mol. The van der Waals surface area contributed by atoms with E-state index in [4.69, 9.17) is 0 Å². The standard InChI is InChI=1S/C26H27N3O3S2/c1-17(2)29(18(3)4)34(31,32)22-15-11-19(12-16-22)25(30)27-21-13-9-20(10-14-21)26-28-23-7-5-6-8-24(23)33-26/h5-18H,1-4H3,(H,27,30). The highest BCUT2D eigenvalue weighted by molar-refractivity contribution is 7.89. The number of nitrogens with zero attached hydrogens (tertiary/aromatic N) is 2. The molecule has 1 amide bonds. The molecular formula is C26H27N3O3S2. The average molecular weight is 494 g/mol. The molecule has 0 aliphatic carbocycles. The van der Waals surface area contributed by atoms with Gasteiger partial charge in [0.05, 0.1) is 15.1 Å². The second kappa shape index (κ2) is 9.66. The second-order valence-electron chi connectivity index (χ2n) is 8.57. The molecule has 0 atom stereocenters. The van der Waals surface area contributed by atoms with Crippen LogP contribution in [0.3, 0.4) is 0 Å². The Kier molecular flexibility index (Phi) is 6.84. The fourth-order valence-corrected chi connectivity index (χ4v) is 6.75. The largest absolute Gasteiger partial charge is 0.322 e. The van der Waals surface area contributed by atoms with Crippen molar-refractivity contribution in [3.05, 3.63) is 78.4 Å². The van der Waals surface area contributed by atoms with Gasteiger partial charge >= 0.3 is 0 Å². The van der Waals surface area contributed by atoms with Crippen molar-refractivity contribution in [2.24, 2.45) is 0 Å². The lowest BCUT2D eigenvalue weighted by Gasteiger charge is -2.29. The molecular weight excluding hydrogens is 466 g/mol. The Balaban J connectivity index is 1.47. The smallest absolute Gasteiger partial charge is 0.255 e. The van der Waals surface area contributed by atoms with Crippen molar-refractivity contribution in [1.29, 1.82) is 0 Å². The number of hydrogen-bond acceptors (Lipinski definition) is 5. The summed E-state index contributed by atoms with van der Waals surface area (Å²) in [6, 6.07) is 21.2. The van der Waals surface area contributed by atoms with Crippen LogP contribution in [0, 0.1) is 0 Å². The first-order valence-corrected chi connectivity index (χ1v) is 13.3. The molecule has 0 aliphatic rings. The van der Waals surface area contributed by atoms with Crippen LogP contribution < -0.4 is 5.32 Å². The minimum absolute atomic E-state index is 0.168. The third kappa shape index (κ3) is 4.89. The molecule has 0 bridgehead atoms. The number of nitrogens with one attached hydrogen (secondary N) is 1. The van der Waals surface area contributed by atoms with Gasteiger partial charge in [-0.1, -0.05) is 12.1 Å². The van der Waals surface area contributed by atoms with Crippen LogP contribution in [0.4, 0.5) is 5.69 Å². The highest BCUT2D eigenvalue weighted by atomic mass is 32.2. The van der Waals surface area contributed by atoms with E-state index >= 15 is 0 Å². The van der Waals surface area contributed by atoms with Crippen molar-refractivity contribution in [1.82, 2.24) is 9.29 Å². The summed E-state index contributed by atoms with van der Waals surface area (Å²) in [6.07, 6.45) is 0. The fraction of sp³-hybridized carbons (Fsp3) is 0.231. The zero-order valence-corrected chi connectivity index (χ0v) is 21.2. The van der Waals surface area contributed by atoms with Gasteiger partial charge in [-0.15, -0.1) is 11.3 Å². The quantitative estimate of drug-likeness (QED) is 0.341. The van der Waals surface area contributed by atoms with Crippen LogP contribution in [-0.2, 0) is 10.0 Å². The molecule has 0 radical (unpaired) electrons. The molecule has 1 N–H and O–H groups in total. The lowest BCUT2D eigenvalue weighted by Crippen LogP contribution is -2.41. The SMILES string of the molecule is CC(C)N(C(C)C)S(=O)(=O)c1ccc(C(=O)Nc2ccc(-c3nc4ccccc4s3)cc2)cc1. The van der Waals surface area contributed by atoms with E-state index in [1.807, 2.05) is 76.2 Å². The van der Waals surface area contributed by atoms with Crippen molar-refractivity contribution < 1.29 is 13.2 Å². The predicted octanol–water partition coefficient (Wildman–Crippen LogP) is 6.02. The van der Waals surface area contributed by atoms with E-state index in [1.54, 1.807) is 11.3 Å². The van der Waals surface area contributed by atoms with Crippen LogP contribution in [0.5, 0.6) is 0 Å². The van der Waals surface area contributed by atoms with Crippen LogP contribution in [0.25, 0.3) is 20.8 Å². The first-order valence-electron chi connectivity index (χ1n) is 11.1. The topological polar surface area (TPSA) is 79.4 Å². The van der Waals surface area contributed by atoms with Gasteiger partial charge in [-0.25, -0.2) is 13.4 Å². The first kappa shape index (κ1) is 24.1. The predicted molar refractivity (Wildman–Crippen MR) is 139 cm³/mol. The van der Waals surface area contributed by atoms with E-state index in [9.17, 15) is 13.2 Å². The minimum Gasteiger partial charge on any atom is -0.322 e. The summed E-state index contributed by atoms with van der Waals surface area (Å²) in [7, 11) is -3.65. The molecule has 0 unspecified atom stereocenters. The normalized spacial score (nSPS) is 12.1. The maximum absolute atomic E-state index is 13.0. The number of fused-ring (bicyclic) bond motifs is 1. The Morgan fingerprint density at radius 3 is 2.09 bits per heavy atom. The summed E-state index contributed by atoms with van der Waals surface area (Å²) in [5.41, 5.74) is 2.98. The van der Waals surface area contributed by atoms with Gasteiger partial charge in [0.2, 0.25) is 10.0 Å². The summed E-state index contributed by atoms with van der Waals surface area (Å²) in [5.74, 6) is -0.304. The molecule has 4 aromatic rings. The third-order valence-electron chi connectivity index (χ3n) is 5.39. The molecule has 176 valence electrons. The van der Waals surface area contributed by atoms with Crippen molar-refractivity contribution in [3.8, 4) is 10.6 Å². The van der Waals surface area contributed by atoms with Crippen molar-refractivity contribution >= 4 is 43.2 Å². The van der Waals surface area contributed by atoms with Crippen LogP contribution >= 0.6 is 11.3 Å². The van der Waals surface area contributed by atoms with E-state index in [0.29, 0.717) is 11.3 Å². The number of para-hydroxylation sites is 1. The number of sulfonamides is 1. The highest BCUT2D eigenvalue weighted by Crippen LogP contribution is 2.30. The molecule has 0 saturated carbocycles. The van der Waals surface area contributed by atoms with E-state index in [0.717, 1.165) is 20.8 Å². The molecule has 0 spiro atoms. The number of carbonyl (C=O) groups excluding carboxylic acids is 1. The van der Waals surface area contributed by atoms with Crippen LogP contribution in [-0.4, -0.2) is 35.7 Å². The number of amides is 1. The maximum Gasteiger partial charge on any atom is 0.255 e. The number of hydrogen-bond donors (Lipinski definition) is 1. The lowest BCUT2D eigenvalue weighted by molar-refractivity contribution is 0.102. The van der Waals surface area contributed by atoms with Crippen molar-refractivity contribution in [2.75, 3.05) is 5.32 Å². The molecule has 4 rings (SSSR count). The Morgan fingerprint density at radius 1 is 0.882 bits per heavy atom. The van der Waals surface area contributed by atoms with Gasteiger partial charge in [-0.2, -0.15) is 4.31 Å². The molecule has 1 aromatic heterocycles. The van der Waals surface area contributed by atoms with Gasteiger partial charge < -0.3 is 5.32 Å². The van der Waals surface area contributed by atoms with Gasteiger partial charge in [0.1, 0.15) is 5.01 Å². The van der Waals surface area contributed by atoms with E-state index in [-0.39, 0.29) is 22.9 Å². The summed E-state index contributed by atoms with van der Waals surface area (Å²) in [4.78, 5) is 17.6. The maximum atomic E-state index is 13.0. The van der Waals surface area contributed by atoms with Gasteiger partial charge in [0.25, 0.3) is 5.91 Å². The number of anilines is 1. The third-order valence-corrected chi connectivity index (χ3v) is 8.75. The lowest BCUT2D eigenvalue weighted by atomic mass is 10.2. The summed E-state index contributed by atoms with van der Waals surface area (Å²) < 4.78 is 28.6. The number of aromatic nitrogens is 1. The van der Waals surface area contributed by atoms with Gasteiger partial charge in [-0.05, 0) is 88.4 Å². The molecule has 1 heterocycles. The number of thiazole rings is 1. The minimum atomic E-state index is -3.65. The zero-order chi connectivity index (χ0) is 24.5. The van der Waals surface area contributed by atoms with Crippen molar-refractivity contribution in [3.63, 3.8) is 0 Å². The first-order chi connectivity index (χ1) is 16.2. The Morgan fingerprint density at radius 2 is 1.50 bits per heavy atom. The fourth-order valence-electron chi connectivity index (χ4n) is 3.95. The summed E-state index contributed by atoms with van der Waals surface area (Å²) in [6.45, 7) is 7.39. The molecule has 8 heteroatoms.